The maximum atomic E-state index is 14.2. The zero-order chi connectivity index (χ0) is 23.9. The van der Waals surface area contributed by atoms with Crippen molar-refractivity contribution in [3.8, 4) is 11.1 Å². The topological polar surface area (TPSA) is 75.4 Å². The molecule has 0 saturated heterocycles. The van der Waals surface area contributed by atoms with Crippen LogP contribution < -0.4 is 0 Å². The Hall–Kier alpha value is -3.43. The van der Waals surface area contributed by atoms with Crippen LogP contribution in [0.4, 0.5) is 17.6 Å². The third kappa shape index (κ3) is 4.69. The van der Waals surface area contributed by atoms with Gasteiger partial charge in [-0.25, -0.2) is 9.37 Å². The number of carboxylic acid groups (broad SMARTS) is 1. The normalized spacial score (nSPS) is 14.0. The zero-order valence-electron chi connectivity index (χ0n) is 17.7. The molecule has 3 aromatic rings. The summed E-state index contributed by atoms with van der Waals surface area (Å²) in [6, 6.07) is 5.80. The van der Waals surface area contributed by atoms with Crippen molar-refractivity contribution < 1.29 is 32.3 Å². The molecule has 0 bridgehead atoms. The molecule has 1 amide bonds. The number of aliphatic carboxylic acids is 1. The molecule has 0 aliphatic heterocycles. The molecule has 1 fully saturated rings. The van der Waals surface area contributed by atoms with E-state index in [0.717, 1.165) is 18.9 Å². The molecule has 0 spiro atoms. The average molecular weight is 463 g/mol. The molecule has 33 heavy (non-hydrogen) atoms. The van der Waals surface area contributed by atoms with E-state index < -0.39 is 30.2 Å². The van der Waals surface area contributed by atoms with E-state index in [0.29, 0.717) is 17.7 Å². The van der Waals surface area contributed by atoms with Crippen molar-refractivity contribution in [2.24, 2.45) is 5.92 Å². The lowest BCUT2D eigenvalue weighted by atomic mass is 10.00. The molecular formula is C23H21F4N3O3. The number of nitrogens with zero attached hydrogens (tertiary/aromatic N) is 3. The van der Waals surface area contributed by atoms with Crippen molar-refractivity contribution in [1.29, 1.82) is 0 Å². The molecule has 0 atom stereocenters. The van der Waals surface area contributed by atoms with Crippen molar-refractivity contribution in [1.82, 2.24) is 14.5 Å². The van der Waals surface area contributed by atoms with Crippen LogP contribution >= 0.6 is 0 Å². The van der Waals surface area contributed by atoms with E-state index in [1.165, 1.54) is 35.0 Å². The summed E-state index contributed by atoms with van der Waals surface area (Å²) < 4.78 is 55.4. The molecule has 10 heteroatoms. The predicted octanol–water partition coefficient (Wildman–Crippen LogP) is 4.70. The van der Waals surface area contributed by atoms with Crippen molar-refractivity contribution in [3.63, 3.8) is 0 Å². The van der Waals surface area contributed by atoms with E-state index in [1.54, 1.807) is 11.8 Å². The van der Waals surface area contributed by atoms with Crippen LogP contribution in [0.3, 0.4) is 0 Å². The number of pyridine rings is 1. The van der Waals surface area contributed by atoms with Crippen LogP contribution in [0.5, 0.6) is 0 Å². The number of benzene rings is 1. The van der Waals surface area contributed by atoms with E-state index in [4.69, 9.17) is 0 Å². The lowest BCUT2D eigenvalue weighted by Gasteiger charge is -2.22. The molecule has 1 aromatic carbocycles. The minimum Gasteiger partial charge on any atom is -0.480 e. The van der Waals surface area contributed by atoms with E-state index in [2.05, 4.69) is 4.98 Å². The van der Waals surface area contributed by atoms with Gasteiger partial charge in [-0.1, -0.05) is 6.07 Å². The van der Waals surface area contributed by atoms with Crippen molar-refractivity contribution in [2.45, 2.75) is 39.0 Å². The maximum Gasteiger partial charge on any atom is 0.433 e. The Kier molecular flexibility index (Phi) is 5.85. The highest BCUT2D eigenvalue weighted by Gasteiger charge is 2.34. The van der Waals surface area contributed by atoms with Gasteiger partial charge in [-0.05, 0) is 55.2 Å². The summed E-state index contributed by atoms with van der Waals surface area (Å²) in [5.74, 6) is -1.82. The van der Waals surface area contributed by atoms with Crippen LogP contribution in [0.2, 0.25) is 0 Å². The van der Waals surface area contributed by atoms with E-state index in [9.17, 15) is 32.3 Å². The van der Waals surface area contributed by atoms with Gasteiger partial charge in [0.25, 0.3) is 0 Å². The van der Waals surface area contributed by atoms with Crippen LogP contribution in [0.25, 0.3) is 22.2 Å². The summed E-state index contributed by atoms with van der Waals surface area (Å²) in [6.45, 7) is 1.78. The Morgan fingerprint density at radius 1 is 1.18 bits per heavy atom. The quantitative estimate of drug-likeness (QED) is 0.516. The molecule has 2 heterocycles. The highest BCUT2D eigenvalue weighted by molar-refractivity contribution is 5.95. The smallest absolute Gasteiger partial charge is 0.433 e. The molecule has 1 saturated carbocycles. The summed E-state index contributed by atoms with van der Waals surface area (Å²) in [5.41, 5.74) is 0.0702. The fourth-order valence-electron chi connectivity index (χ4n) is 3.90. The van der Waals surface area contributed by atoms with Gasteiger partial charge in [0, 0.05) is 30.8 Å². The fraction of sp³-hybridized carbons (Fsp3) is 0.348. The van der Waals surface area contributed by atoms with Crippen LogP contribution in [0.1, 0.15) is 31.0 Å². The van der Waals surface area contributed by atoms with Gasteiger partial charge in [0.2, 0.25) is 5.91 Å². The summed E-state index contributed by atoms with van der Waals surface area (Å²) in [4.78, 5) is 29.3. The Balaban J connectivity index is 1.87. The predicted molar refractivity (Wildman–Crippen MR) is 112 cm³/mol. The number of fused-ring (bicyclic) bond motifs is 1. The number of amides is 1. The van der Waals surface area contributed by atoms with Crippen LogP contribution in [0, 0.1) is 11.7 Å². The number of carbonyl (C=O) groups is 2. The second kappa shape index (κ2) is 8.49. The van der Waals surface area contributed by atoms with Gasteiger partial charge in [-0.2, -0.15) is 13.2 Å². The highest BCUT2D eigenvalue weighted by Crippen LogP contribution is 2.37. The molecule has 4 rings (SSSR count). The van der Waals surface area contributed by atoms with Gasteiger partial charge in [-0.3, -0.25) is 9.59 Å². The second-order valence-corrected chi connectivity index (χ2v) is 8.05. The Labute approximate surface area is 186 Å². The van der Waals surface area contributed by atoms with Crippen molar-refractivity contribution in [3.05, 3.63) is 53.6 Å². The lowest BCUT2D eigenvalue weighted by molar-refractivity contribution is -0.141. The molecule has 6 nitrogen and oxygen atoms in total. The third-order valence-electron chi connectivity index (χ3n) is 5.66. The molecule has 0 unspecified atom stereocenters. The van der Waals surface area contributed by atoms with Gasteiger partial charge in [0.05, 0.1) is 11.0 Å². The Morgan fingerprint density at radius 3 is 2.52 bits per heavy atom. The molecule has 2 aromatic heterocycles. The van der Waals surface area contributed by atoms with Crippen molar-refractivity contribution >= 4 is 22.9 Å². The van der Waals surface area contributed by atoms with Gasteiger partial charge in [0.15, 0.2) is 0 Å². The van der Waals surface area contributed by atoms with E-state index in [1.807, 2.05) is 0 Å². The second-order valence-electron chi connectivity index (χ2n) is 8.05. The number of aromatic nitrogens is 2. The Morgan fingerprint density at radius 2 is 1.91 bits per heavy atom. The average Bonchev–Trinajstić information content (AvgIpc) is 3.54. The molecule has 1 aliphatic rings. The number of carboxylic acids is 1. The van der Waals surface area contributed by atoms with E-state index >= 15 is 0 Å². The van der Waals surface area contributed by atoms with Crippen LogP contribution in [-0.4, -0.2) is 38.0 Å². The van der Waals surface area contributed by atoms with Gasteiger partial charge < -0.3 is 14.6 Å². The van der Waals surface area contributed by atoms with Gasteiger partial charge in [0.1, 0.15) is 18.1 Å². The maximum absolute atomic E-state index is 14.2. The minimum absolute atomic E-state index is 0.0431. The Bertz CT molecular complexity index is 1230. The fourth-order valence-corrected chi connectivity index (χ4v) is 3.90. The minimum atomic E-state index is -4.69. The first-order chi connectivity index (χ1) is 15.6. The first-order valence-corrected chi connectivity index (χ1v) is 10.4. The first kappa shape index (κ1) is 22.8. The highest BCUT2D eigenvalue weighted by atomic mass is 19.4. The third-order valence-corrected chi connectivity index (χ3v) is 5.66. The molecular weight excluding hydrogens is 442 g/mol. The zero-order valence-corrected chi connectivity index (χ0v) is 17.7. The van der Waals surface area contributed by atoms with Crippen LogP contribution in [0.15, 0.2) is 36.5 Å². The van der Waals surface area contributed by atoms with E-state index in [-0.39, 0.29) is 35.0 Å². The molecule has 1 aliphatic carbocycles. The van der Waals surface area contributed by atoms with Crippen LogP contribution in [-0.2, 0) is 28.9 Å². The molecule has 0 radical (unpaired) electrons. The number of halogens is 4. The molecule has 174 valence electrons. The standard InChI is InChI=1S/C23H21F4N3O3/c1-2-29(22(33)13-3-4-13)10-14-9-15(24)5-6-16(14)17-11-30(12-20(31)32)18-7-8-19(23(25,26)27)28-21(17)18/h5-9,11,13H,2-4,10,12H2,1H3,(H,31,32). The summed E-state index contributed by atoms with van der Waals surface area (Å²) in [6.07, 6.45) is -1.68. The number of hydrogen-bond acceptors (Lipinski definition) is 3. The molecule has 1 N–H and O–H groups in total. The summed E-state index contributed by atoms with van der Waals surface area (Å²) in [5, 5.41) is 9.24. The summed E-state index contributed by atoms with van der Waals surface area (Å²) in [7, 11) is 0. The lowest BCUT2D eigenvalue weighted by Crippen LogP contribution is -2.31. The SMILES string of the molecule is CCN(Cc1cc(F)ccc1-c1cn(CC(=O)O)c2ccc(C(F)(F)F)nc12)C(=O)C1CC1. The number of alkyl halides is 3. The van der Waals surface area contributed by atoms with Crippen molar-refractivity contribution in [2.75, 3.05) is 6.54 Å². The number of rotatable bonds is 7. The number of hydrogen-bond donors (Lipinski definition) is 1. The first-order valence-electron chi connectivity index (χ1n) is 10.4. The monoisotopic (exact) mass is 463 g/mol. The largest absolute Gasteiger partial charge is 0.480 e. The van der Waals surface area contributed by atoms with Gasteiger partial charge >= 0.3 is 12.1 Å². The van der Waals surface area contributed by atoms with Gasteiger partial charge in [-0.15, -0.1) is 0 Å². The number of carbonyl (C=O) groups excluding carboxylic acids is 1. The summed E-state index contributed by atoms with van der Waals surface area (Å²) >= 11 is 0.